The van der Waals surface area contributed by atoms with Crippen molar-refractivity contribution in [2.45, 2.75) is 52.4 Å². The summed E-state index contributed by atoms with van der Waals surface area (Å²) in [6.45, 7) is 4.37. The van der Waals surface area contributed by atoms with E-state index in [1.807, 2.05) is 6.07 Å². The number of hydrogen-bond acceptors (Lipinski definition) is 1. The second-order valence-electron chi connectivity index (χ2n) is 5.89. The number of allylic oxidation sites excluding steroid dienone is 1. The lowest BCUT2D eigenvalue weighted by atomic mass is 10.2. The Bertz CT molecular complexity index is 424. The second-order valence-corrected chi connectivity index (χ2v) is 9.35. The molecule has 0 N–H and O–H groups in total. The molecule has 0 aliphatic rings. The smallest absolute Gasteiger partial charge is 0.0877 e. The van der Waals surface area contributed by atoms with Gasteiger partial charge in [0.15, 0.2) is 0 Å². The Labute approximate surface area is 131 Å². The SMILES string of the molecule is CCCCP(=O)(CCCC)CCCC=Cc1ccccc1. The lowest BCUT2D eigenvalue weighted by Gasteiger charge is -2.17. The topological polar surface area (TPSA) is 17.1 Å². The quantitative estimate of drug-likeness (QED) is 0.339. The van der Waals surface area contributed by atoms with Gasteiger partial charge >= 0.3 is 0 Å². The van der Waals surface area contributed by atoms with Gasteiger partial charge < -0.3 is 4.57 Å². The van der Waals surface area contributed by atoms with Crippen LogP contribution >= 0.6 is 7.14 Å². The monoisotopic (exact) mass is 306 g/mol. The number of rotatable bonds is 11. The van der Waals surface area contributed by atoms with E-state index < -0.39 is 7.14 Å². The van der Waals surface area contributed by atoms with E-state index in [-0.39, 0.29) is 0 Å². The van der Waals surface area contributed by atoms with Crippen molar-refractivity contribution in [3.63, 3.8) is 0 Å². The molecule has 0 atom stereocenters. The Hall–Kier alpha value is -0.810. The molecule has 0 aliphatic carbocycles. The molecule has 0 saturated heterocycles. The van der Waals surface area contributed by atoms with Crippen LogP contribution in [0.3, 0.4) is 0 Å². The van der Waals surface area contributed by atoms with Crippen LogP contribution in [-0.2, 0) is 4.57 Å². The molecule has 0 fully saturated rings. The third-order valence-corrected chi connectivity index (χ3v) is 7.28. The standard InChI is InChI=1S/C19H31OP/c1-3-5-16-21(20,17-6-4-2)18-12-8-11-15-19-13-9-7-10-14-19/h7,9-11,13-15H,3-6,8,12,16-18H2,1-2H3. The normalized spacial score (nSPS) is 12.1. The minimum absolute atomic E-state index is 0.937. The van der Waals surface area contributed by atoms with Crippen molar-refractivity contribution >= 4 is 13.2 Å². The number of unbranched alkanes of at least 4 members (excludes halogenated alkanes) is 3. The van der Waals surface area contributed by atoms with Gasteiger partial charge in [0.05, 0.1) is 7.14 Å². The van der Waals surface area contributed by atoms with E-state index in [4.69, 9.17) is 0 Å². The molecule has 0 amide bonds. The Morgan fingerprint density at radius 2 is 1.48 bits per heavy atom. The van der Waals surface area contributed by atoms with Crippen LogP contribution in [0.2, 0.25) is 0 Å². The van der Waals surface area contributed by atoms with Crippen LogP contribution in [-0.4, -0.2) is 18.5 Å². The summed E-state index contributed by atoms with van der Waals surface area (Å²) >= 11 is 0. The minimum atomic E-state index is -1.90. The zero-order chi connectivity index (χ0) is 15.4. The molecule has 0 bridgehead atoms. The molecule has 0 saturated carbocycles. The van der Waals surface area contributed by atoms with Gasteiger partial charge in [-0.2, -0.15) is 0 Å². The van der Waals surface area contributed by atoms with Crippen molar-refractivity contribution in [2.24, 2.45) is 0 Å². The molecule has 1 aromatic rings. The first-order valence-electron chi connectivity index (χ1n) is 8.49. The molecule has 2 heteroatoms. The first-order chi connectivity index (χ1) is 10.2. The Balaban J connectivity index is 2.35. The Morgan fingerprint density at radius 1 is 0.905 bits per heavy atom. The zero-order valence-corrected chi connectivity index (χ0v) is 14.7. The van der Waals surface area contributed by atoms with Gasteiger partial charge in [-0.3, -0.25) is 0 Å². The fourth-order valence-electron chi connectivity index (χ4n) is 2.51. The fraction of sp³-hybridized carbons (Fsp3) is 0.579. The molecule has 0 aromatic heterocycles. The molecule has 1 aromatic carbocycles. The highest BCUT2D eigenvalue weighted by Gasteiger charge is 2.19. The highest BCUT2D eigenvalue weighted by Crippen LogP contribution is 2.48. The summed E-state index contributed by atoms with van der Waals surface area (Å²) in [5, 5.41) is 0. The van der Waals surface area contributed by atoms with Crippen molar-refractivity contribution in [2.75, 3.05) is 18.5 Å². The van der Waals surface area contributed by atoms with Crippen molar-refractivity contribution in [1.29, 1.82) is 0 Å². The maximum atomic E-state index is 12.9. The van der Waals surface area contributed by atoms with E-state index in [0.717, 1.165) is 57.0 Å². The molecule has 1 nitrogen and oxygen atoms in total. The van der Waals surface area contributed by atoms with Crippen LogP contribution in [0.25, 0.3) is 6.08 Å². The molecule has 1 rings (SSSR count). The van der Waals surface area contributed by atoms with Crippen LogP contribution in [0.5, 0.6) is 0 Å². The average Bonchev–Trinajstić information content (AvgIpc) is 2.52. The van der Waals surface area contributed by atoms with Gasteiger partial charge in [0.1, 0.15) is 0 Å². The van der Waals surface area contributed by atoms with E-state index in [1.165, 1.54) is 5.56 Å². The van der Waals surface area contributed by atoms with Crippen LogP contribution in [0, 0.1) is 0 Å². The summed E-state index contributed by atoms with van der Waals surface area (Å²) in [6, 6.07) is 10.4. The third kappa shape index (κ3) is 8.27. The number of hydrogen-bond donors (Lipinski definition) is 0. The van der Waals surface area contributed by atoms with Gasteiger partial charge in [0, 0.05) is 18.5 Å². The Morgan fingerprint density at radius 3 is 2.05 bits per heavy atom. The van der Waals surface area contributed by atoms with Crippen molar-refractivity contribution < 1.29 is 4.57 Å². The van der Waals surface area contributed by atoms with Crippen LogP contribution in [0.1, 0.15) is 57.9 Å². The molecule has 0 spiro atoms. The highest BCUT2D eigenvalue weighted by molar-refractivity contribution is 7.63. The van der Waals surface area contributed by atoms with Crippen molar-refractivity contribution in [3.05, 3.63) is 42.0 Å². The molecule has 0 heterocycles. The summed E-state index contributed by atoms with van der Waals surface area (Å²) in [6.07, 6.45) is 13.9. The van der Waals surface area contributed by atoms with Gasteiger partial charge in [-0.05, 0) is 31.2 Å². The molecular formula is C19H31OP. The molecule has 118 valence electrons. The average molecular weight is 306 g/mol. The van der Waals surface area contributed by atoms with Gasteiger partial charge in [-0.15, -0.1) is 0 Å². The predicted octanol–water partition coefficient (Wildman–Crippen LogP) is 6.44. The first kappa shape index (κ1) is 18.2. The van der Waals surface area contributed by atoms with Gasteiger partial charge in [-0.1, -0.05) is 69.2 Å². The van der Waals surface area contributed by atoms with Crippen LogP contribution in [0.15, 0.2) is 36.4 Å². The zero-order valence-electron chi connectivity index (χ0n) is 13.8. The summed E-state index contributed by atoms with van der Waals surface area (Å²) in [5.41, 5.74) is 1.25. The van der Waals surface area contributed by atoms with Gasteiger partial charge in [-0.25, -0.2) is 0 Å². The van der Waals surface area contributed by atoms with Gasteiger partial charge in [0.25, 0.3) is 0 Å². The second kappa shape index (κ2) is 10.9. The lowest BCUT2D eigenvalue weighted by Crippen LogP contribution is -2.00. The summed E-state index contributed by atoms with van der Waals surface area (Å²) in [7, 11) is -1.90. The van der Waals surface area contributed by atoms with E-state index in [9.17, 15) is 4.57 Å². The lowest BCUT2D eigenvalue weighted by molar-refractivity contribution is 0.568. The summed E-state index contributed by atoms with van der Waals surface area (Å²) < 4.78 is 12.9. The maximum Gasteiger partial charge on any atom is 0.0877 e. The molecule has 0 radical (unpaired) electrons. The largest absolute Gasteiger partial charge is 0.324 e. The summed E-state index contributed by atoms with van der Waals surface area (Å²) in [4.78, 5) is 0. The van der Waals surface area contributed by atoms with Crippen LogP contribution < -0.4 is 0 Å². The molecular weight excluding hydrogens is 275 g/mol. The van der Waals surface area contributed by atoms with Gasteiger partial charge in [0.2, 0.25) is 0 Å². The minimum Gasteiger partial charge on any atom is -0.324 e. The number of benzene rings is 1. The van der Waals surface area contributed by atoms with Crippen molar-refractivity contribution in [3.8, 4) is 0 Å². The van der Waals surface area contributed by atoms with E-state index in [1.54, 1.807) is 0 Å². The predicted molar refractivity (Wildman–Crippen MR) is 96.7 cm³/mol. The van der Waals surface area contributed by atoms with E-state index in [2.05, 4.69) is 50.3 Å². The maximum absolute atomic E-state index is 12.9. The third-order valence-electron chi connectivity index (χ3n) is 3.88. The van der Waals surface area contributed by atoms with E-state index >= 15 is 0 Å². The highest BCUT2D eigenvalue weighted by atomic mass is 31.2. The van der Waals surface area contributed by atoms with E-state index in [0.29, 0.717) is 0 Å². The summed E-state index contributed by atoms with van der Waals surface area (Å²) in [5.74, 6) is 0. The molecule has 0 aliphatic heterocycles. The van der Waals surface area contributed by atoms with Crippen molar-refractivity contribution in [1.82, 2.24) is 0 Å². The first-order valence-corrected chi connectivity index (χ1v) is 10.7. The Kier molecular flexibility index (Phi) is 9.42. The van der Waals surface area contributed by atoms with Crippen LogP contribution in [0.4, 0.5) is 0 Å². The fourth-order valence-corrected chi connectivity index (χ4v) is 5.72. The molecule has 21 heavy (non-hydrogen) atoms. The molecule has 0 unspecified atom stereocenters.